The van der Waals surface area contributed by atoms with Crippen LogP contribution in [-0.2, 0) is 6.54 Å². The zero-order valence-electron chi connectivity index (χ0n) is 11.6. The summed E-state index contributed by atoms with van der Waals surface area (Å²) in [5.41, 5.74) is 3.43. The third kappa shape index (κ3) is 3.98. The minimum absolute atomic E-state index is 0.811. The molecular weight excluding hydrogens is 234 g/mol. The van der Waals surface area contributed by atoms with Crippen LogP contribution in [0.5, 0.6) is 0 Å². The van der Waals surface area contributed by atoms with Gasteiger partial charge in [-0.05, 0) is 30.7 Å². The normalized spacial score (nSPS) is 10.2. The molecule has 100 valence electrons. The monoisotopic (exact) mass is 255 g/mol. The topological polar surface area (TPSA) is 28.2 Å². The summed E-state index contributed by atoms with van der Waals surface area (Å²) < 4.78 is 0. The molecule has 0 spiro atoms. The average molecular weight is 255 g/mol. The Hall–Kier alpha value is -2.03. The maximum Gasteiger partial charge on any atom is 0.0617 e. The zero-order chi connectivity index (χ0) is 13.5. The number of hydrogen-bond acceptors (Lipinski definition) is 3. The number of rotatable bonds is 6. The van der Waals surface area contributed by atoms with E-state index >= 15 is 0 Å². The van der Waals surface area contributed by atoms with Crippen LogP contribution in [0.15, 0.2) is 48.7 Å². The van der Waals surface area contributed by atoms with Crippen molar-refractivity contribution in [1.29, 1.82) is 0 Å². The number of aromatic nitrogens is 1. The van der Waals surface area contributed by atoms with Crippen LogP contribution in [-0.4, -0.2) is 18.6 Å². The number of hydrogen-bond donors (Lipinski definition) is 1. The molecule has 0 aliphatic rings. The van der Waals surface area contributed by atoms with Crippen LogP contribution in [0.25, 0.3) is 0 Å². The second-order valence-corrected chi connectivity index (χ2v) is 4.65. The van der Waals surface area contributed by atoms with E-state index in [9.17, 15) is 0 Å². The quantitative estimate of drug-likeness (QED) is 0.855. The maximum atomic E-state index is 4.43. The molecule has 2 aromatic rings. The fraction of sp³-hybridized carbons (Fsp3) is 0.312. The van der Waals surface area contributed by atoms with Gasteiger partial charge in [-0.25, -0.2) is 0 Å². The highest BCUT2D eigenvalue weighted by Crippen LogP contribution is 2.15. The van der Waals surface area contributed by atoms with Crippen molar-refractivity contribution >= 4 is 11.4 Å². The van der Waals surface area contributed by atoms with E-state index in [0.717, 1.165) is 30.9 Å². The molecule has 0 fully saturated rings. The van der Waals surface area contributed by atoms with E-state index in [-0.39, 0.29) is 0 Å². The summed E-state index contributed by atoms with van der Waals surface area (Å²) in [5.74, 6) is 0. The SMILES string of the molecule is CCCNc1ccnc(CN(C)c2ccccc2)c1. The van der Waals surface area contributed by atoms with Gasteiger partial charge in [-0.15, -0.1) is 0 Å². The second-order valence-electron chi connectivity index (χ2n) is 4.65. The van der Waals surface area contributed by atoms with Crippen molar-refractivity contribution in [1.82, 2.24) is 4.98 Å². The third-order valence-corrected chi connectivity index (χ3v) is 2.99. The minimum Gasteiger partial charge on any atom is -0.385 e. The molecule has 0 atom stereocenters. The van der Waals surface area contributed by atoms with Crippen molar-refractivity contribution in [2.75, 3.05) is 23.8 Å². The lowest BCUT2D eigenvalue weighted by Gasteiger charge is -2.19. The van der Waals surface area contributed by atoms with E-state index in [1.54, 1.807) is 0 Å². The molecule has 1 aromatic heterocycles. The second kappa shape index (κ2) is 6.78. The first kappa shape index (κ1) is 13.4. The Balaban J connectivity index is 2.02. The lowest BCUT2D eigenvalue weighted by Crippen LogP contribution is -2.17. The molecule has 1 heterocycles. The highest BCUT2D eigenvalue weighted by atomic mass is 15.1. The van der Waals surface area contributed by atoms with E-state index < -0.39 is 0 Å². The van der Waals surface area contributed by atoms with Gasteiger partial charge in [0.05, 0.1) is 12.2 Å². The van der Waals surface area contributed by atoms with Gasteiger partial charge in [-0.3, -0.25) is 4.98 Å². The van der Waals surface area contributed by atoms with Gasteiger partial charge in [-0.2, -0.15) is 0 Å². The van der Waals surface area contributed by atoms with Crippen molar-refractivity contribution in [2.45, 2.75) is 19.9 Å². The van der Waals surface area contributed by atoms with E-state index in [1.807, 2.05) is 18.3 Å². The van der Waals surface area contributed by atoms with Crippen molar-refractivity contribution in [2.24, 2.45) is 0 Å². The van der Waals surface area contributed by atoms with E-state index in [2.05, 4.69) is 59.5 Å². The van der Waals surface area contributed by atoms with Gasteiger partial charge in [0.1, 0.15) is 0 Å². The summed E-state index contributed by atoms with van der Waals surface area (Å²) >= 11 is 0. The Morgan fingerprint density at radius 1 is 1.16 bits per heavy atom. The van der Waals surface area contributed by atoms with Crippen LogP contribution in [0.4, 0.5) is 11.4 Å². The molecule has 0 aliphatic carbocycles. The van der Waals surface area contributed by atoms with Gasteiger partial charge >= 0.3 is 0 Å². The van der Waals surface area contributed by atoms with Crippen molar-refractivity contribution < 1.29 is 0 Å². The predicted octanol–water partition coefficient (Wildman–Crippen LogP) is 3.54. The molecule has 0 saturated carbocycles. The molecule has 3 heteroatoms. The first-order valence-corrected chi connectivity index (χ1v) is 6.74. The number of benzene rings is 1. The summed E-state index contributed by atoms with van der Waals surface area (Å²) in [5, 5.41) is 3.39. The van der Waals surface area contributed by atoms with Crippen molar-refractivity contribution in [3.05, 3.63) is 54.4 Å². The molecule has 0 amide bonds. The molecule has 0 radical (unpaired) electrons. The van der Waals surface area contributed by atoms with Gasteiger partial charge in [-0.1, -0.05) is 25.1 Å². The maximum absolute atomic E-state index is 4.43. The number of anilines is 2. The lowest BCUT2D eigenvalue weighted by atomic mass is 10.2. The van der Waals surface area contributed by atoms with Gasteiger partial charge in [0.15, 0.2) is 0 Å². The number of pyridine rings is 1. The van der Waals surface area contributed by atoms with Gasteiger partial charge in [0.2, 0.25) is 0 Å². The first-order valence-electron chi connectivity index (χ1n) is 6.74. The standard InChI is InChI=1S/C16H21N3/c1-3-10-17-14-9-11-18-15(12-14)13-19(2)16-7-5-4-6-8-16/h4-9,11-12H,3,10,13H2,1-2H3,(H,17,18). The summed E-state index contributed by atoms with van der Waals surface area (Å²) in [6, 6.07) is 14.5. The smallest absolute Gasteiger partial charge is 0.0617 e. The van der Waals surface area contributed by atoms with Crippen molar-refractivity contribution in [3.8, 4) is 0 Å². The summed E-state index contributed by atoms with van der Waals surface area (Å²) in [6.07, 6.45) is 2.99. The highest BCUT2D eigenvalue weighted by Gasteiger charge is 2.03. The van der Waals surface area contributed by atoms with Gasteiger partial charge < -0.3 is 10.2 Å². The molecule has 0 saturated heterocycles. The number of nitrogens with zero attached hydrogens (tertiary/aromatic N) is 2. The molecule has 1 N–H and O–H groups in total. The lowest BCUT2D eigenvalue weighted by molar-refractivity contribution is 0.884. The average Bonchev–Trinajstić information content (AvgIpc) is 2.46. The molecule has 0 aliphatic heterocycles. The van der Waals surface area contributed by atoms with Crippen LogP contribution in [0.2, 0.25) is 0 Å². The summed E-state index contributed by atoms with van der Waals surface area (Å²) in [6.45, 7) is 3.97. The molecule has 0 bridgehead atoms. The largest absolute Gasteiger partial charge is 0.385 e. The van der Waals surface area contributed by atoms with Gasteiger partial charge in [0.25, 0.3) is 0 Å². The van der Waals surface area contributed by atoms with Gasteiger partial charge in [0, 0.05) is 31.2 Å². The Morgan fingerprint density at radius 2 is 1.95 bits per heavy atom. The highest BCUT2D eigenvalue weighted by molar-refractivity contribution is 5.47. The van der Waals surface area contributed by atoms with E-state index in [0.29, 0.717) is 0 Å². The Kier molecular flexibility index (Phi) is 4.78. The minimum atomic E-state index is 0.811. The van der Waals surface area contributed by atoms with Crippen LogP contribution >= 0.6 is 0 Å². The van der Waals surface area contributed by atoms with Crippen molar-refractivity contribution in [3.63, 3.8) is 0 Å². The number of para-hydroxylation sites is 1. The van der Waals surface area contributed by atoms with Crippen LogP contribution < -0.4 is 10.2 Å². The van der Waals surface area contributed by atoms with E-state index in [1.165, 1.54) is 5.69 Å². The summed E-state index contributed by atoms with van der Waals surface area (Å²) in [7, 11) is 2.09. The fourth-order valence-electron chi connectivity index (χ4n) is 1.96. The Morgan fingerprint density at radius 3 is 2.68 bits per heavy atom. The molecule has 2 rings (SSSR count). The Labute approximate surface area is 115 Å². The molecule has 19 heavy (non-hydrogen) atoms. The molecule has 1 aromatic carbocycles. The number of nitrogens with one attached hydrogen (secondary N) is 1. The third-order valence-electron chi connectivity index (χ3n) is 2.99. The summed E-state index contributed by atoms with van der Waals surface area (Å²) in [4.78, 5) is 6.63. The molecular formula is C16H21N3. The zero-order valence-corrected chi connectivity index (χ0v) is 11.6. The van der Waals surface area contributed by atoms with Crippen LogP contribution in [0, 0.1) is 0 Å². The molecule has 0 unspecified atom stereocenters. The molecule has 3 nitrogen and oxygen atoms in total. The van der Waals surface area contributed by atoms with E-state index in [4.69, 9.17) is 0 Å². The Bertz CT molecular complexity index is 496. The first-order chi connectivity index (χ1) is 9.29. The predicted molar refractivity (Wildman–Crippen MR) is 81.6 cm³/mol. The van der Waals surface area contributed by atoms with Crippen LogP contribution in [0.3, 0.4) is 0 Å². The fourth-order valence-corrected chi connectivity index (χ4v) is 1.96. The van der Waals surface area contributed by atoms with Crippen LogP contribution in [0.1, 0.15) is 19.0 Å².